The average molecular weight is 297 g/mol. The Morgan fingerprint density at radius 3 is 3.05 bits per heavy atom. The lowest BCUT2D eigenvalue weighted by atomic mass is 10.3. The Morgan fingerprint density at radius 2 is 2.35 bits per heavy atom. The zero-order valence-electron chi connectivity index (χ0n) is 12.0. The van der Waals surface area contributed by atoms with Crippen molar-refractivity contribution in [3.05, 3.63) is 16.1 Å². The lowest BCUT2D eigenvalue weighted by Crippen LogP contribution is -2.39. The van der Waals surface area contributed by atoms with E-state index in [2.05, 4.69) is 20.2 Å². The number of nitrogens with zero attached hydrogens (tertiary/aromatic N) is 3. The summed E-state index contributed by atoms with van der Waals surface area (Å²) in [6, 6.07) is 0. The van der Waals surface area contributed by atoms with Crippen molar-refractivity contribution in [3.63, 3.8) is 0 Å². The van der Waals surface area contributed by atoms with Crippen LogP contribution in [0.15, 0.2) is 10.4 Å². The Morgan fingerprint density at radius 1 is 1.55 bits per heavy atom. The minimum atomic E-state index is 0.500. The van der Waals surface area contributed by atoms with Crippen LogP contribution in [0.5, 0.6) is 0 Å². The van der Waals surface area contributed by atoms with E-state index >= 15 is 0 Å². The van der Waals surface area contributed by atoms with E-state index < -0.39 is 0 Å². The van der Waals surface area contributed by atoms with Crippen LogP contribution in [-0.4, -0.2) is 55.2 Å². The van der Waals surface area contributed by atoms with Crippen molar-refractivity contribution in [2.24, 2.45) is 10.7 Å². The highest BCUT2D eigenvalue weighted by atomic mass is 32.1. The number of rotatable bonds is 6. The zero-order chi connectivity index (χ0) is 14.2. The van der Waals surface area contributed by atoms with E-state index in [1.165, 1.54) is 0 Å². The molecule has 0 unspecified atom stereocenters. The average Bonchev–Trinajstić information content (AvgIpc) is 2.88. The van der Waals surface area contributed by atoms with Gasteiger partial charge in [0.15, 0.2) is 5.96 Å². The van der Waals surface area contributed by atoms with E-state index in [0.717, 1.165) is 56.5 Å². The molecule has 1 aromatic heterocycles. The predicted octanol–water partition coefficient (Wildman–Crippen LogP) is 0.578. The van der Waals surface area contributed by atoms with Crippen LogP contribution in [0.4, 0.5) is 0 Å². The molecule has 2 heterocycles. The van der Waals surface area contributed by atoms with Crippen molar-refractivity contribution in [2.45, 2.75) is 19.9 Å². The number of aliphatic imine (C=N–C) groups is 1. The number of guanidine groups is 1. The predicted molar refractivity (Wildman–Crippen MR) is 82.1 cm³/mol. The van der Waals surface area contributed by atoms with Crippen LogP contribution in [0.1, 0.15) is 17.1 Å². The summed E-state index contributed by atoms with van der Waals surface area (Å²) in [6.45, 7) is 8.24. The highest BCUT2D eigenvalue weighted by Crippen LogP contribution is 2.09. The third-order valence-electron chi connectivity index (χ3n) is 3.11. The molecule has 0 aromatic carbocycles. The lowest BCUT2D eigenvalue weighted by molar-refractivity contribution is 0.0376. The van der Waals surface area contributed by atoms with Crippen molar-refractivity contribution >= 4 is 17.3 Å². The van der Waals surface area contributed by atoms with Crippen molar-refractivity contribution in [2.75, 3.05) is 39.4 Å². The third kappa shape index (κ3) is 5.44. The molecule has 6 nitrogen and oxygen atoms in total. The molecule has 0 radical (unpaired) electrons. The van der Waals surface area contributed by atoms with Gasteiger partial charge in [-0.15, -0.1) is 11.3 Å². The van der Waals surface area contributed by atoms with Crippen LogP contribution in [0, 0.1) is 6.92 Å². The molecular formula is C13H23N5OS. The molecule has 1 saturated heterocycles. The van der Waals surface area contributed by atoms with Crippen molar-refractivity contribution in [1.82, 2.24) is 15.2 Å². The molecule has 3 N–H and O–H groups in total. The molecule has 0 amide bonds. The van der Waals surface area contributed by atoms with Gasteiger partial charge in [-0.1, -0.05) is 0 Å². The summed E-state index contributed by atoms with van der Waals surface area (Å²) in [6.07, 6.45) is 1.06. The standard InChI is InChI=1S/C13H23N5OS/c1-11-10-20-12(17-11)9-16-13(14)15-3-2-4-18-5-7-19-8-6-18/h10H,2-9H2,1H3,(H3,14,15,16). The Hall–Kier alpha value is -1.18. The molecule has 0 spiro atoms. The summed E-state index contributed by atoms with van der Waals surface area (Å²) >= 11 is 1.62. The van der Waals surface area contributed by atoms with Crippen LogP contribution in [0.25, 0.3) is 0 Å². The molecule has 0 atom stereocenters. The number of nitrogens with two attached hydrogens (primary N) is 1. The quantitative estimate of drug-likeness (QED) is 0.456. The minimum absolute atomic E-state index is 0.500. The van der Waals surface area contributed by atoms with Gasteiger partial charge in [0.2, 0.25) is 0 Å². The van der Waals surface area contributed by atoms with Crippen molar-refractivity contribution in [3.8, 4) is 0 Å². The van der Waals surface area contributed by atoms with Gasteiger partial charge in [0, 0.05) is 30.7 Å². The van der Waals surface area contributed by atoms with Gasteiger partial charge in [0.05, 0.1) is 19.8 Å². The van der Waals surface area contributed by atoms with Crippen LogP contribution >= 0.6 is 11.3 Å². The van der Waals surface area contributed by atoms with Gasteiger partial charge in [-0.05, 0) is 19.9 Å². The SMILES string of the molecule is Cc1csc(CN=C(N)NCCCN2CCOCC2)n1. The maximum absolute atomic E-state index is 5.83. The first kappa shape index (κ1) is 15.2. The summed E-state index contributed by atoms with van der Waals surface area (Å²) in [5, 5.41) is 6.17. The van der Waals surface area contributed by atoms with E-state index in [9.17, 15) is 0 Å². The molecule has 0 aliphatic carbocycles. The summed E-state index contributed by atoms with van der Waals surface area (Å²) in [4.78, 5) is 11.1. The maximum Gasteiger partial charge on any atom is 0.189 e. The van der Waals surface area contributed by atoms with E-state index in [1.807, 2.05) is 12.3 Å². The van der Waals surface area contributed by atoms with Crippen LogP contribution in [-0.2, 0) is 11.3 Å². The molecule has 1 aromatic rings. The molecule has 7 heteroatoms. The Labute approximate surface area is 124 Å². The second kappa shape index (κ2) is 8.18. The number of thiazole rings is 1. The van der Waals surface area contributed by atoms with Crippen molar-refractivity contribution < 1.29 is 4.74 Å². The Kier molecular flexibility index (Phi) is 6.23. The summed E-state index contributed by atoms with van der Waals surface area (Å²) in [7, 11) is 0. The third-order valence-corrected chi connectivity index (χ3v) is 4.06. The smallest absolute Gasteiger partial charge is 0.189 e. The van der Waals surface area contributed by atoms with E-state index in [0.29, 0.717) is 12.5 Å². The molecule has 0 saturated carbocycles. The highest BCUT2D eigenvalue weighted by molar-refractivity contribution is 7.09. The Bertz CT molecular complexity index is 428. The van der Waals surface area contributed by atoms with Gasteiger partial charge in [-0.2, -0.15) is 0 Å². The molecule has 1 aliphatic rings. The summed E-state index contributed by atoms with van der Waals surface area (Å²) < 4.78 is 5.32. The number of aromatic nitrogens is 1. The molecule has 20 heavy (non-hydrogen) atoms. The summed E-state index contributed by atoms with van der Waals surface area (Å²) in [5.41, 5.74) is 6.87. The maximum atomic E-state index is 5.83. The number of ether oxygens (including phenoxy) is 1. The van der Waals surface area contributed by atoms with E-state index in [-0.39, 0.29) is 0 Å². The van der Waals surface area contributed by atoms with Crippen molar-refractivity contribution in [1.29, 1.82) is 0 Å². The first-order chi connectivity index (χ1) is 9.74. The first-order valence-electron chi connectivity index (χ1n) is 6.99. The highest BCUT2D eigenvalue weighted by Gasteiger charge is 2.08. The lowest BCUT2D eigenvalue weighted by Gasteiger charge is -2.26. The van der Waals surface area contributed by atoms with Crippen LogP contribution < -0.4 is 11.1 Å². The molecule has 112 valence electrons. The fourth-order valence-electron chi connectivity index (χ4n) is 2.03. The fraction of sp³-hybridized carbons (Fsp3) is 0.692. The fourth-order valence-corrected chi connectivity index (χ4v) is 2.72. The minimum Gasteiger partial charge on any atom is -0.379 e. The van der Waals surface area contributed by atoms with Gasteiger partial charge in [-0.25, -0.2) is 9.98 Å². The number of hydrogen-bond acceptors (Lipinski definition) is 5. The topological polar surface area (TPSA) is 75.8 Å². The zero-order valence-corrected chi connectivity index (χ0v) is 12.8. The summed E-state index contributed by atoms with van der Waals surface area (Å²) in [5.74, 6) is 0.500. The molecular weight excluding hydrogens is 274 g/mol. The van der Waals surface area contributed by atoms with Gasteiger partial charge >= 0.3 is 0 Å². The number of hydrogen-bond donors (Lipinski definition) is 2. The largest absolute Gasteiger partial charge is 0.379 e. The molecule has 1 fully saturated rings. The van der Waals surface area contributed by atoms with Crippen LogP contribution in [0.2, 0.25) is 0 Å². The number of morpholine rings is 1. The monoisotopic (exact) mass is 297 g/mol. The molecule has 2 rings (SSSR count). The Balaban J connectivity index is 1.58. The molecule has 0 bridgehead atoms. The van der Waals surface area contributed by atoms with Gasteiger partial charge in [-0.3, -0.25) is 4.90 Å². The van der Waals surface area contributed by atoms with E-state index in [4.69, 9.17) is 10.5 Å². The second-order valence-corrected chi connectivity index (χ2v) is 5.76. The number of aryl methyl sites for hydroxylation is 1. The van der Waals surface area contributed by atoms with Gasteiger partial charge < -0.3 is 15.8 Å². The molecule has 1 aliphatic heterocycles. The number of nitrogens with one attached hydrogen (secondary N) is 1. The van der Waals surface area contributed by atoms with E-state index in [1.54, 1.807) is 11.3 Å². The first-order valence-corrected chi connectivity index (χ1v) is 7.87. The van der Waals surface area contributed by atoms with Gasteiger partial charge in [0.1, 0.15) is 5.01 Å². The normalized spacial score (nSPS) is 17.4. The second-order valence-electron chi connectivity index (χ2n) is 4.82. The van der Waals surface area contributed by atoms with Gasteiger partial charge in [0.25, 0.3) is 0 Å². The van der Waals surface area contributed by atoms with Crippen LogP contribution in [0.3, 0.4) is 0 Å².